The van der Waals surface area contributed by atoms with E-state index in [1.165, 1.54) is 25.0 Å². The number of benzene rings is 1. The highest BCUT2D eigenvalue weighted by atomic mass is 16.5. The average molecular weight is 340 g/mol. The number of aromatic nitrogens is 1. The maximum absolute atomic E-state index is 12.3. The van der Waals surface area contributed by atoms with Gasteiger partial charge in [-0.05, 0) is 56.9 Å². The summed E-state index contributed by atoms with van der Waals surface area (Å²) in [5.74, 6) is -0.721. The Morgan fingerprint density at radius 2 is 1.96 bits per heavy atom. The molecule has 1 saturated carbocycles. The number of nitrogens with zero attached hydrogens (tertiary/aromatic N) is 1. The molecular weight excluding hydrogens is 320 g/mol. The first kappa shape index (κ1) is 17.0. The minimum absolute atomic E-state index is 0.0866. The minimum atomic E-state index is -1.06. The Morgan fingerprint density at radius 1 is 1.20 bits per heavy atom. The monoisotopic (exact) mass is 340 g/mol. The van der Waals surface area contributed by atoms with Crippen molar-refractivity contribution < 1.29 is 19.4 Å². The van der Waals surface area contributed by atoms with Gasteiger partial charge in [0, 0.05) is 11.8 Å². The first-order chi connectivity index (χ1) is 12.0. The van der Waals surface area contributed by atoms with E-state index in [9.17, 15) is 9.59 Å². The largest absolute Gasteiger partial charge is 0.490 e. The van der Waals surface area contributed by atoms with Crippen LogP contribution in [0.5, 0.6) is 5.75 Å². The van der Waals surface area contributed by atoms with Crippen LogP contribution in [0.25, 0.3) is 0 Å². The zero-order valence-corrected chi connectivity index (χ0v) is 14.0. The summed E-state index contributed by atoms with van der Waals surface area (Å²) in [6.07, 6.45) is 4.77. The zero-order valence-electron chi connectivity index (χ0n) is 14.0. The first-order valence-corrected chi connectivity index (χ1v) is 8.32. The highest BCUT2D eigenvalue weighted by molar-refractivity contribution is 6.03. The van der Waals surface area contributed by atoms with E-state index in [1.54, 1.807) is 19.1 Å². The van der Waals surface area contributed by atoms with Crippen LogP contribution in [0, 0.1) is 6.92 Å². The topological polar surface area (TPSA) is 88.5 Å². The van der Waals surface area contributed by atoms with Crippen molar-refractivity contribution in [3.8, 4) is 5.75 Å². The number of carboxylic acid groups (broad SMARTS) is 1. The number of hydrogen-bond donors (Lipinski definition) is 2. The molecule has 2 aromatic rings. The third-order valence-electron chi connectivity index (χ3n) is 4.25. The molecule has 6 heteroatoms. The number of carbonyl (C=O) groups excluding carboxylic acids is 1. The van der Waals surface area contributed by atoms with Crippen LogP contribution in [-0.2, 0) is 0 Å². The van der Waals surface area contributed by atoms with Crippen molar-refractivity contribution in [1.82, 2.24) is 4.98 Å². The molecule has 1 fully saturated rings. The lowest BCUT2D eigenvalue weighted by atomic mass is 10.2. The molecule has 0 atom stereocenters. The third kappa shape index (κ3) is 4.15. The molecule has 2 N–H and O–H groups in total. The van der Waals surface area contributed by atoms with Crippen molar-refractivity contribution in [1.29, 1.82) is 0 Å². The number of aromatic carboxylic acids is 1. The van der Waals surface area contributed by atoms with Crippen molar-refractivity contribution in [2.45, 2.75) is 38.7 Å². The second-order valence-corrected chi connectivity index (χ2v) is 6.14. The average Bonchev–Trinajstić information content (AvgIpc) is 3.07. The van der Waals surface area contributed by atoms with Crippen LogP contribution in [0.3, 0.4) is 0 Å². The van der Waals surface area contributed by atoms with Gasteiger partial charge in [0.25, 0.3) is 5.91 Å². The predicted molar refractivity (Wildman–Crippen MR) is 93.2 cm³/mol. The minimum Gasteiger partial charge on any atom is -0.490 e. The number of hydrogen-bond acceptors (Lipinski definition) is 4. The summed E-state index contributed by atoms with van der Waals surface area (Å²) >= 11 is 0. The number of ether oxygens (including phenoxy) is 1. The van der Waals surface area contributed by atoms with Gasteiger partial charge in [0.2, 0.25) is 0 Å². The summed E-state index contributed by atoms with van der Waals surface area (Å²) in [5, 5.41) is 11.8. The molecule has 0 bridgehead atoms. The Kier molecular flexibility index (Phi) is 4.97. The summed E-state index contributed by atoms with van der Waals surface area (Å²) in [6, 6.07) is 10.1. The van der Waals surface area contributed by atoms with E-state index < -0.39 is 11.9 Å². The molecule has 0 saturated heterocycles. The second-order valence-electron chi connectivity index (χ2n) is 6.14. The van der Waals surface area contributed by atoms with E-state index in [0.717, 1.165) is 18.6 Å². The summed E-state index contributed by atoms with van der Waals surface area (Å²) in [4.78, 5) is 27.4. The Morgan fingerprint density at radius 3 is 2.64 bits per heavy atom. The molecule has 25 heavy (non-hydrogen) atoms. The Bertz CT molecular complexity index is 798. The van der Waals surface area contributed by atoms with Gasteiger partial charge in [-0.1, -0.05) is 6.07 Å². The summed E-state index contributed by atoms with van der Waals surface area (Å²) < 4.78 is 5.93. The maximum Gasteiger partial charge on any atom is 0.337 e. The van der Waals surface area contributed by atoms with Crippen LogP contribution in [0.2, 0.25) is 0 Å². The van der Waals surface area contributed by atoms with Gasteiger partial charge in [0.1, 0.15) is 11.4 Å². The van der Waals surface area contributed by atoms with E-state index >= 15 is 0 Å². The number of carbonyl (C=O) groups is 2. The van der Waals surface area contributed by atoms with Crippen molar-refractivity contribution >= 4 is 17.6 Å². The normalized spacial score (nSPS) is 14.3. The summed E-state index contributed by atoms with van der Waals surface area (Å²) in [7, 11) is 0. The second kappa shape index (κ2) is 7.34. The van der Waals surface area contributed by atoms with Gasteiger partial charge < -0.3 is 15.2 Å². The van der Waals surface area contributed by atoms with Crippen molar-refractivity contribution in [2.75, 3.05) is 5.32 Å². The zero-order chi connectivity index (χ0) is 17.8. The molecule has 0 aliphatic heterocycles. The molecule has 1 amide bonds. The number of anilines is 1. The van der Waals surface area contributed by atoms with Crippen molar-refractivity contribution in [3.63, 3.8) is 0 Å². The number of amides is 1. The first-order valence-electron chi connectivity index (χ1n) is 8.32. The van der Waals surface area contributed by atoms with Gasteiger partial charge in [0.05, 0.1) is 17.4 Å². The Balaban J connectivity index is 1.70. The van der Waals surface area contributed by atoms with Gasteiger partial charge in [-0.25, -0.2) is 9.78 Å². The fraction of sp³-hybridized carbons (Fsp3) is 0.316. The van der Waals surface area contributed by atoms with Gasteiger partial charge in [-0.2, -0.15) is 0 Å². The Hall–Kier alpha value is -2.89. The van der Waals surface area contributed by atoms with E-state index in [4.69, 9.17) is 9.84 Å². The van der Waals surface area contributed by atoms with E-state index in [-0.39, 0.29) is 17.4 Å². The van der Waals surface area contributed by atoms with Crippen molar-refractivity contribution in [2.24, 2.45) is 0 Å². The van der Waals surface area contributed by atoms with Gasteiger partial charge in [0.15, 0.2) is 0 Å². The van der Waals surface area contributed by atoms with Crippen LogP contribution in [0.15, 0.2) is 36.4 Å². The van der Waals surface area contributed by atoms with Gasteiger partial charge in [-0.15, -0.1) is 0 Å². The highest BCUT2D eigenvalue weighted by Gasteiger charge is 2.17. The fourth-order valence-electron chi connectivity index (χ4n) is 2.95. The van der Waals surface area contributed by atoms with E-state index in [1.807, 2.05) is 12.1 Å². The predicted octanol–water partition coefficient (Wildman–Crippen LogP) is 3.66. The molecule has 0 spiro atoms. The molecule has 0 radical (unpaired) electrons. The highest BCUT2D eigenvalue weighted by Crippen LogP contribution is 2.26. The van der Waals surface area contributed by atoms with Crippen molar-refractivity contribution in [3.05, 3.63) is 53.3 Å². The van der Waals surface area contributed by atoms with Gasteiger partial charge >= 0.3 is 5.97 Å². The fourth-order valence-corrected chi connectivity index (χ4v) is 2.95. The standard InChI is InChI=1S/C19H20N2O4/c1-12-16(19(23)24)9-10-17(20-12)18(22)21-13-5-4-8-15(11-13)25-14-6-2-3-7-14/h4-5,8-11,14H,2-3,6-7H2,1H3,(H,21,22)(H,23,24). The summed E-state index contributed by atoms with van der Waals surface area (Å²) in [5.41, 5.74) is 1.17. The summed E-state index contributed by atoms with van der Waals surface area (Å²) in [6.45, 7) is 1.57. The maximum atomic E-state index is 12.3. The Labute approximate surface area is 145 Å². The number of carboxylic acids is 1. The van der Waals surface area contributed by atoms with Gasteiger partial charge in [-0.3, -0.25) is 4.79 Å². The number of rotatable bonds is 5. The smallest absolute Gasteiger partial charge is 0.337 e. The quantitative estimate of drug-likeness (QED) is 0.867. The van der Waals surface area contributed by atoms with Crippen LogP contribution in [0.4, 0.5) is 5.69 Å². The molecule has 1 aromatic carbocycles. The molecule has 1 aliphatic carbocycles. The van der Waals surface area contributed by atoms with E-state index in [2.05, 4.69) is 10.3 Å². The molecular formula is C19H20N2O4. The molecule has 3 rings (SSSR count). The van der Waals surface area contributed by atoms with Crippen LogP contribution in [-0.4, -0.2) is 28.1 Å². The molecule has 130 valence electrons. The molecule has 1 heterocycles. The van der Waals surface area contributed by atoms with Crippen LogP contribution < -0.4 is 10.1 Å². The number of pyridine rings is 1. The molecule has 0 unspecified atom stereocenters. The molecule has 1 aromatic heterocycles. The number of aryl methyl sites for hydroxylation is 1. The lowest BCUT2D eigenvalue weighted by Crippen LogP contribution is -2.16. The number of nitrogens with one attached hydrogen (secondary N) is 1. The van der Waals surface area contributed by atoms with Crippen LogP contribution in [0.1, 0.15) is 52.2 Å². The molecule has 6 nitrogen and oxygen atoms in total. The van der Waals surface area contributed by atoms with Crippen LogP contribution >= 0.6 is 0 Å². The molecule has 1 aliphatic rings. The van der Waals surface area contributed by atoms with E-state index in [0.29, 0.717) is 11.4 Å². The third-order valence-corrected chi connectivity index (χ3v) is 4.25. The lowest BCUT2D eigenvalue weighted by molar-refractivity contribution is 0.0695. The SMILES string of the molecule is Cc1nc(C(=O)Nc2cccc(OC3CCCC3)c2)ccc1C(=O)O. The lowest BCUT2D eigenvalue weighted by Gasteiger charge is -2.14.